The monoisotopic (exact) mass is 425 g/mol. The Labute approximate surface area is 191 Å². The molecule has 0 radical (unpaired) electrons. The minimum Gasteiger partial charge on any atom is -0.508 e. The third kappa shape index (κ3) is 4.62. The fourth-order valence-electron chi connectivity index (χ4n) is 4.90. The van der Waals surface area contributed by atoms with Crippen molar-refractivity contribution < 1.29 is 9.90 Å². The van der Waals surface area contributed by atoms with Crippen molar-refractivity contribution in [2.45, 2.75) is 38.5 Å². The van der Waals surface area contributed by atoms with Crippen molar-refractivity contribution in [1.82, 2.24) is 4.90 Å². The molecule has 1 N–H and O–H groups in total. The largest absolute Gasteiger partial charge is 0.508 e. The molecular weight excluding hydrogens is 394 g/mol. The molecule has 2 atom stereocenters. The van der Waals surface area contributed by atoms with Gasteiger partial charge in [0.25, 0.3) is 0 Å². The van der Waals surface area contributed by atoms with Gasteiger partial charge in [-0.15, -0.1) is 0 Å². The van der Waals surface area contributed by atoms with Crippen molar-refractivity contribution in [2.24, 2.45) is 0 Å². The summed E-state index contributed by atoms with van der Waals surface area (Å²) in [5, 5.41) is 10.0. The van der Waals surface area contributed by atoms with E-state index in [1.54, 1.807) is 12.1 Å². The molecule has 3 nitrogen and oxygen atoms in total. The number of amides is 1. The van der Waals surface area contributed by atoms with Gasteiger partial charge in [0.1, 0.15) is 5.75 Å². The van der Waals surface area contributed by atoms with Gasteiger partial charge in [-0.2, -0.15) is 0 Å². The molecule has 0 saturated carbocycles. The first-order valence-electron chi connectivity index (χ1n) is 11.5. The summed E-state index contributed by atoms with van der Waals surface area (Å²) in [6, 6.07) is 25.1. The minimum atomic E-state index is 0.0456. The van der Waals surface area contributed by atoms with Crippen molar-refractivity contribution >= 4 is 12.0 Å². The van der Waals surface area contributed by atoms with Gasteiger partial charge >= 0.3 is 0 Å². The molecule has 0 aliphatic heterocycles. The molecule has 0 fully saturated rings. The molecule has 164 valence electrons. The smallest absolute Gasteiger partial charge is 0.246 e. The van der Waals surface area contributed by atoms with Crippen molar-refractivity contribution in [3.63, 3.8) is 0 Å². The average Bonchev–Trinajstić information content (AvgIpc) is 2.83. The maximum atomic E-state index is 12.3. The highest BCUT2D eigenvalue weighted by atomic mass is 16.3. The maximum Gasteiger partial charge on any atom is 0.246 e. The fraction of sp³-hybridized carbons (Fsp3) is 0.276. The molecule has 3 aromatic rings. The topological polar surface area (TPSA) is 40.5 Å². The molecule has 3 aromatic carbocycles. The molecule has 0 aromatic heterocycles. The van der Waals surface area contributed by atoms with Crippen LogP contribution in [0.4, 0.5) is 0 Å². The number of rotatable bonds is 6. The molecule has 1 aliphatic carbocycles. The third-order valence-electron chi connectivity index (χ3n) is 6.61. The van der Waals surface area contributed by atoms with E-state index in [9.17, 15) is 9.90 Å². The first-order valence-corrected chi connectivity index (χ1v) is 11.5. The summed E-state index contributed by atoms with van der Waals surface area (Å²) < 4.78 is 0. The summed E-state index contributed by atoms with van der Waals surface area (Å²) in [5.41, 5.74) is 6.16. The van der Waals surface area contributed by atoms with Crippen LogP contribution in [-0.4, -0.2) is 29.0 Å². The van der Waals surface area contributed by atoms with E-state index in [1.807, 2.05) is 30.9 Å². The van der Waals surface area contributed by atoms with Crippen LogP contribution in [0.15, 0.2) is 78.9 Å². The molecule has 32 heavy (non-hydrogen) atoms. The SMILES string of the molecule is CCN(CC)C(=O)/C=C\c1ccc(C2c3ccc(O)cc3CCC2c2ccccc2)cc1. The molecule has 0 saturated heterocycles. The highest BCUT2D eigenvalue weighted by molar-refractivity contribution is 5.91. The van der Waals surface area contributed by atoms with Crippen LogP contribution < -0.4 is 0 Å². The number of aryl methyl sites for hydroxylation is 1. The molecule has 4 rings (SSSR count). The highest BCUT2D eigenvalue weighted by Gasteiger charge is 2.32. The molecule has 0 bridgehead atoms. The Morgan fingerprint density at radius 3 is 2.38 bits per heavy atom. The van der Waals surface area contributed by atoms with E-state index >= 15 is 0 Å². The Hall–Kier alpha value is -3.33. The summed E-state index contributed by atoms with van der Waals surface area (Å²) in [5.74, 6) is 0.999. The second kappa shape index (κ2) is 9.86. The van der Waals surface area contributed by atoms with Crippen LogP contribution in [-0.2, 0) is 11.2 Å². The second-order valence-corrected chi connectivity index (χ2v) is 8.43. The summed E-state index contributed by atoms with van der Waals surface area (Å²) >= 11 is 0. The Bertz CT molecular complexity index is 1080. The molecule has 0 spiro atoms. The number of benzene rings is 3. The Balaban J connectivity index is 1.65. The highest BCUT2D eigenvalue weighted by Crippen LogP contribution is 2.46. The normalized spacial score (nSPS) is 17.8. The predicted octanol–water partition coefficient (Wildman–Crippen LogP) is 6.14. The van der Waals surface area contributed by atoms with Gasteiger partial charge in [-0.3, -0.25) is 4.79 Å². The van der Waals surface area contributed by atoms with E-state index < -0.39 is 0 Å². The van der Waals surface area contributed by atoms with Crippen molar-refractivity contribution in [2.75, 3.05) is 13.1 Å². The van der Waals surface area contributed by atoms with E-state index in [2.05, 4.69) is 60.7 Å². The van der Waals surface area contributed by atoms with Gasteiger partial charge < -0.3 is 10.0 Å². The molecule has 1 aliphatic rings. The standard InChI is InChI=1S/C29H31NO2/c1-3-30(4-2)28(32)19-12-21-10-13-23(14-11-21)29-26(22-8-6-5-7-9-22)17-15-24-20-25(31)16-18-27(24)29/h5-14,16,18-20,26,29,31H,3-4,15,17H2,1-2H3/b19-12-. The first kappa shape index (κ1) is 21.9. The predicted molar refractivity (Wildman–Crippen MR) is 131 cm³/mol. The number of carbonyl (C=O) groups is 1. The van der Waals surface area contributed by atoms with Crippen LogP contribution in [0.25, 0.3) is 6.08 Å². The summed E-state index contributed by atoms with van der Waals surface area (Å²) in [7, 11) is 0. The number of phenolic OH excluding ortho intramolecular Hbond substituents is 1. The van der Waals surface area contributed by atoms with Crippen LogP contribution >= 0.6 is 0 Å². The fourth-order valence-corrected chi connectivity index (χ4v) is 4.90. The van der Waals surface area contributed by atoms with E-state index in [1.165, 1.54) is 22.3 Å². The maximum absolute atomic E-state index is 12.3. The van der Waals surface area contributed by atoms with Gasteiger partial charge in [-0.05, 0) is 78.6 Å². The second-order valence-electron chi connectivity index (χ2n) is 8.43. The van der Waals surface area contributed by atoms with Gasteiger partial charge in [0.2, 0.25) is 5.91 Å². The molecule has 2 unspecified atom stereocenters. The Morgan fingerprint density at radius 1 is 0.969 bits per heavy atom. The molecule has 0 heterocycles. The van der Waals surface area contributed by atoms with Crippen LogP contribution in [0.2, 0.25) is 0 Å². The zero-order chi connectivity index (χ0) is 22.5. The van der Waals surface area contributed by atoms with E-state index in [-0.39, 0.29) is 11.8 Å². The van der Waals surface area contributed by atoms with Crippen LogP contribution in [0.5, 0.6) is 5.75 Å². The number of phenols is 1. The minimum absolute atomic E-state index is 0.0456. The quantitative estimate of drug-likeness (QED) is 0.482. The lowest BCUT2D eigenvalue weighted by Gasteiger charge is -2.34. The molecule has 1 amide bonds. The first-order chi connectivity index (χ1) is 15.6. The number of fused-ring (bicyclic) bond motifs is 1. The lowest BCUT2D eigenvalue weighted by Crippen LogP contribution is -2.28. The summed E-state index contributed by atoms with van der Waals surface area (Å²) in [6.07, 6.45) is 5.57. The van der Waals surface area contributed by atoms with Crippen LogP contribution in [0.3, 0.4) is 0 Å². The van der Waals surface area contributed by atoms with Crippen molar-refractivity contribution in [1.29, 1.82) is 0 Å². The van der Waals surface area contributed by atoms with E-state index in [4.69, 9.17) is 0 Å². The number of likely N-dealkylation sites (N-methyl/N-ethyl adjacent to an activating group) is 1. The van der Waals surface area contributed by atoms with Gasteiger partial charge in [0, 0.05) is 25.1 Å². The van der Waals surface area contributed by atoms with Crippen molar-refractivity contribution in [3.8, 4) is 5.75 Å². The molecule has 3 heteroatoms. The number of carbonyl (C=O) groups excluding carboxylic acids is 1. The number of hydrogen-bond acceptors (Lipinski definition) is 2. The number of nitrogens with zero attached hydrogens (tertiary/aromatic N) is 1. The third-order valence-corrected chi connectivity index (χ3v) is 6.61. The lowest BCUT2D eigenvalue weighted by molar-refractivity contribution is -0.125. The van der Waals surface area contributed by atoms with E-state index in [0.29, 0.717) is 11.7 Å². The summed E-state index contributed by atoms with van der Waals surface area (Å²) in [6.45, 7) is 5.43. The molecular formula is C29H31NO2. The summed E-state index contributed by atoms with van der Waals surface area (Å²) in [4.78, 5) is 14.1. The Morgan fingerprint density at radius 2 is 1.69 bits per heavy atom. The lowest BCUT2D eigenvalue weighted by atomic mass is 9.69. The van der Waals surface area contributed by atoms with Crippen LogP contribution in [0, 0.1) is 0 Å². The van der Waals surface area contributed by atoms with Crippen LogP contribution in [0.1, 0.15) is 59.9 Å². The zero-order valence-electron chi connectivity index (χ0n) is 18.9. The van der Waals surface area contributed by atoms with Crippen molar-refractivity contribution in [3.05, 3.63) is 107 Å². The Kier molecular flexibility index (Phi) is 6.75. The zero-order valence-corrected chi connectivity index (χ0v) is 18.9. The average molecular weight is 426 g/mol. The number of aromatic hydroxyl groups is 1. The number of hydrogen-bond donors (Lipinski definition) is 1. The van der Waals surface area contributed by atoms with Gasteiger partial charge in [-0.25, -0.2) is 0 Å². The van der Waals surface area contributed by atoms with Gasteiger partial charge in [-0.1, -0.05) is 60.7 Å². The van der Waals surface area contributed by atoms with Gasteiger partial charge in [0.05, 0.1) is 0 Å². The van der Waals surface area contributed by atoms with E-state index in [0.717, 1.165) is 31.5 Å². The van der Waals surface area contributed by atoms with Gasteiger partial charge in [0.15, 0.2) is 0 Å².